The van der Waals surface area contributed by atoms with Gasteiger partial charge in [-0.2, -0.15) is 0 Å². The third-order valence-electron chi connectivity index (χ3n) is 9.55. The van der Waals surface area contributed by atoms with Crippen molar-refractivity contribution < 1.29 is 19.4 Å². The van der Waals surface area contributed by atoms with Crippen molar-refractivity contribution in [2.75, 3.05) is 0 Å². The van der Waals surface area contributed by atoms with Crippen molar-refractivity contribution in [1.29, 1.82) is 0 Å². The fourth-order valence-electron chi connectivity index (χ4n) is 8.18. The molecule has 4 aliphatic carbocycles. The van der Waals surface area contributed by atoms with Gasteiger partial charge in [0.25, 0.3) is 0 Å². The van der Waals surface area contributed by atoms with Crippen LogP contribution in [0.25, 0.3) is 0 Å². The van der Waals surface area contributed by atoms with E-state index in [0.29, 0.717) is 23.7 Å². The van der Waals surface area contributed by atoms with Gasteiger partial charge in [-0.15, -0.1) is 0 Å². The van der Waals surface area contributed by atoms with Crippen molar-refractivity contribution in [2.24, 2.45) is 40.4 Å². The summed E-state index contributed by atoms with van der Waals surface area (Å²) < 4.78 is 5.54. The Labute approximate surface area is 163 Å². The molecule has 0 heterocycles. The third kappa shape index (κ3) is 2.81. The fourth-order valence-corrected chi connectivity index (χ4v) is 8.18. The van der Waals surface area contributed by atoms with Crippen molar-refractivity contribution in [3.8, 4) is 0 Å². The molecule has 0 aromatic carbocycles. The number of ketones is 1. The summed E-state index contributed by atoms with van der Waals surface area (Å²) in [4.78, 5) is 23.7. The predicted octanol–water partition coefficient (Wildman–Crippen LogP) is 4.14. The highest BCUT2D eigenvalue weighted by Gasteiger charge is 2.64. The summed E-state index contributed by atoms with van der Waals surface area (Å²) in [6.45, 7) is 7.86. The van der Waals surface area contributed by atoms with E-state index < -0.39 is 0 Å². The molecule has 0 aromatic heterocycles. The summed E-state index contributed by atoms with van der Waals surface area (Å²) in [6.07, 6.45) is 8.00. The van der Waals surface area contributed by atoms with Gasteiger partial charge in [-0.25, -0.2) is 0 Å². The Morgan fingerprint density at radius 3 is 2.37 bits per heavy atom. The molecule has 152 valence electrons. The first-order valence-electron chi connectivity index (χ1n) is 11.0. The molecule has 4 saturated carbocycles. The van der Waals surface area contributed by atoms with E-state index in [4.69, 9.17) is 4.74 Å². The SMILES string of the molecule is CC(=O)O[C@@H]1CC[C@]2(C)[C@H](CC[C@H]3[C@H]4CC[C@H](C(C)=O)[C@@]4(C)[C@@H](O)C[C@@H]32)C1. The number of rotatable bonds is 2. The molecule has 9 atom stereocenters. The number of carbonyl (C=O) groups is 2. The monoisotopic (exact) mass is 376 g/mol. The number of esters is 1. The van der Waals surface area contributed by atoms with Crippen molar-refractivity contribution in [3.05, 3.63) is 0 Å². The highest BCUT2D eigenvalue weighted by atomic mass is 16.5. The van der Waals surface area contributed by atoms with Crippen LogP contribution in [-0.2, 0) is 14.3 Å². The molecule has 0 spiro atoms. The zero-order chi connectivity index (χ0) is 19.6. The van der Waals surface area contributed by atoms with E-state index >= 15 is 0 Å². The van der Waals surface area contributed by atoms with Gasteiger partial charge in [0.1, 0.15) is 11.9 Å². The van der Waals surface area contributed by atoms with E-state index in [2.05, 4.69) is 13.8 Å². The maximum Gasteiger partial charge on any atom is 0.302 e. The molecule has 0 aliphatic heterocycles. The molecule has 4 fully saturated rings. The first kappa shape index (κ1) is 19.4. The van der Waals surface area contributed by atoms with Crippen LogP contribution in [0.15, 0.2) is 0 Å². The van der Waals surface area contributed by atoms with Crippen molar-refractivity contribution >= 4 is 11.8 Å². The number of aliphatic hydroxyl groups is 1. The van der Waals surface area contributed by atoms with Gasteiger partial charge in [-0.1, -0.05) is 13.8 Å². The number of ether oxygens (including phenoxy) is 1. The average molecular weight is 377 g/mol. The van der Waals surface area contributed by atoms with Crippen molar-refractivity contribution in [2.45, 2.75) is 91.3 Å². The maximum absolute atomic E-state index is 12.3. The summed E-state index contributed by atoms with van der Waals surface area (Å²) in [7, 11) is 0. The second-order valence-corrected chi connectivity index (χ2v) is 10.5. The summed E-state index contributed by atoms with van der Waals surface area (Å²) in [5, 5.41) is 11.3. The largest absolute Gasteiger partial charge is 0.463 e. The topological polar surface area (TPSA) is 63.6 Å². The minimum Gasteiger partial charge on any atom is -0.463 e. The Hall–Kier alpha value is -0.900. The second-order valence-electron chi connectivity index (χ2n) is 10.5. The van der Waals surface area contributed by atoms with Crippen LogP contribution < -0.4 is 0 Å². The zero-order valence-corrected chi connectivity index (χ0v) is 17.4. The standard InChI is InChI=1S/C23H36O4/c1-13(24)18-7-8-19-17-6-5-15-11-16(27-14(2)25)9-10-22(15,3)20(17)12-21(26)23(18,19)4/h15-21,26H,5-12H2,1-4H3/t15-,16-,17+,18-,19-,20+,21+,22-,23-/m1/s1. The number of carbonyl (C=O) groups excluding carboxylic acids is 2. The minimum atomic E-state index is -0.373. The highest BCUT2D eigenvalue weighted by Crippen LogP contribution is 2.67. The minimum absolute atomic E-state index is 0.0312. The van der Waals surface area contributed by atoms with Gasteiger partial charge in [0.05, 0.1) is 6.10 Å². The first-order chi connectivity index (χ1) is 12.7. The Kier molecular flexibility index (Phi) is 4.73. The number of aliphatic hydroxyl groups excluding tert-OH is 1. The van der Waals surface area contributed by atoms with Crippen molar-refractivity contribution in [1.82, 2.24) is 0 Å². The van der Waals surface area contributed by atoms with Gasteiger partial charge in [-0.05, 0) is 87.4 Å². The van der Waals surface area contributed by atoms with Crippen LogP contribution in [-0.4, -0.2) is 29.1 Å². The maximum atomic E-state index is 12.3. The molecule has 0 amide bonds. The van der Waals surface area contributed by atoms with Crippen LogP contribution in [0.4, 0.5) is 0 Å². The average Bonchev–Trinajstić information content (AvgIpc) is 2.95. The Morgan fingerprint density at radius 1 is 0.963 bits per heavy atom. The van der Waals surface area contributed by atoms with E-state index in [1.807, 2.05) is 0 Å². The van der Waals surface area contributed by atoms with Crippen LogP contribution in [0.5, 0.6) is 0 Å². The Balaban J connectivity index is 1.58. The molecular weight excluding hydrogens is 340 g/mol. The summed E-state index contributed by atoms with van der Waals surface area (Å²) in [6, 6.07) is 0. The molecule has 4 aliphatic rings. The zero-order valence-electron chi connectivity index (χ0n) is 17.4. The lowest BCUT2D eigenvalue weighted by Gasteiger charge is -2.62. The molecule has 4 heteroatoms. The number of hydrogen-bond acceptors (Lipinski definition) is 4. The summed E-state index contributed by atoms with van der Waals surface area (Å²) in [5.41, 5.74) is 0.00132. The van der Waals surface area contributed by atoms with Crippen molar-refractivity contribution in [3.63, 3.8) is 0 Å². The molecule has 0 saturated heterocycles. The van der Waals surface area contributed by atoms with E-state index in [9.17, 15) is 14.7 Å². The molecule has 0 unspecified atom stereocenters. The van der Waals surface area contributed by atoms with Gasteiger partial charge >= 0.3 is 5.97 Å². The number of fused-ring (bicyclic) bond motifs is 5. The van der Waals surface area contributed by atoms with Gasteiger partial charge in [0.2, 0.25) is 0 Å². The van der Waals surface area contributed by atoms with Gasteiger partial charge in [0, 0.05) is 18.3 Å². The lowest BCUT2D eigenvalue weighted by molar-refractivity contribution is -0.179. The highest BCUT2D eigenvalue weighted by molar-refractivity contribution is 5.79. The molecule has 0 radical (unpaired) electrons. The molecule has 1 N–H and O–H groups in total. The Morgan fingerprint density at radius 2 is 1.70 bits per heavy atom. The normalized spacial score (nSPS) is 51.7. The van der Waals surface area contributed by atoms with E-state index in [1.54, 1.807) is 6.92 Å². The summed E-state index contributed by atoms with van der Waals surface area (Å²) in [5.74, 6) is 2.36. The van der Waals surface area contributed by atoms with E-state index in [0.717, 1.165) is 38.5 Å². The molecule has 27 heavy (non-hydrogen) atoms. The third-order valence-corrected chi connectivity index (χ3v) is 9.55. The van der Waals surface area contributed by atoms with Gasteiger partial charge in [-0.3, -0.25) is 9.59 Å². The molecule has 4 nitrogen and oxygen atoms in total. The van der Waals surface area contributed by atoms with E-state index in [1.165, 1.54) is 19.8 Å². The molecular formula is C23H36O4. The van der Waals surface area contributed by atoms with Gasteiger partial charge in [0.15, 0.2) is 0 Å². The van der Waals surface area contributed by atoms with Crippen LogP contribution in [0, 0.1) is 40.4 Å². The van der Waals surface area contributed by atoms with Crippen LogP contribution >= 0.6 is 0 Å². The quantitative estimate of drug-likeness (QED) is 0.736. The molecule has 0 aromatic rings. The summed E-state index contributed by atoms with van der Waals surface area (Å²) >= 11 is 0. The number of hydrogen-bond donors (Lipinski definition) is 1. The lowest BCUT2D eigenvalue weighted by atomic mass is 9.44. The van der Waals surface area contributed by atoms with Crippen LogP contribution in [0.3, 0.4) is 0 Å². The smallest absolute Gasteiger partial charge is 0.302 e. The second kappa shape index (κ2) is 6.57. The predicted molar refractivity (Wildman–Crippen MR) is 103 cm³/mol. The van der Waals surface area contributed by atoms with Crippen LogP contribution in [0.1, 0.15) is 79.1 Å². The van der Waals surface area contributed by atoms with Crippen LogP contribution in [0.2, 0.25) is 0 Å². The van der Waals surface area contributed by atoms with E-state index in [-0.39, 0.29) is 40.7 Å². The first-order valence-corrected chi connectivity index (χ1v) is 11.0. The number of Topliss-reactive ketones (excluding diaryl/α,β-unsaturated/α-hetero) is 1. The Bertz CT molecular complexity index is 630. The van der Waals surface area contributed by atoms with Gasteiger partial charge < -0.3 is 9.84 Å². The lowest BCUT2D eigenvalue weighted by Crippen LogP contribution is -2.59. The molecule has 4 rings (SSSR count). The fraction of sp³-hybridized carbons (Fsp3) is 0.913. The molecule has 0 bridgehead atoms.